The van der Waals surface area contributed by atoms with Gasteiger partial charge in [-0.05, 0) is 24.3 Å². The lowest BCUT2D eigenvalue weighted by atomic mass is 10.3. The van der Waals surface area contributed by atoms with Crippen LogP contribution in [-0.4, -0.2) is 131 Å². The van der Waals surface area contributed by atoms with Gasteiger partial charge in [0.1, 0.15) is 26.4 Å². The summed E-state index contributed by atoms with van der Waals surface area (Å²) in [7, 11) is 0. The van der Waals surface area contributed by atoms with E-state index in [1.807, 2.05) is 36.4 Å². The first kappa shape index (κ1) is 35.8. The molecule has 0 N–H and O–H groups in total. The van der Waals surface area contributed by atoms with Crippen LogP contribution >= 0.6 is 0 Å². The van der Waals surface area contributed by atoms with E-state index in [0.717, 1.165) is 0 Å². The summed E-state index contributed by atoms with van der Waals surface area (Å²) in [5.41, 5.74) is 0. The molecule has 4 rings (SSSR count). The molecule has 0 radical (unpaired) electrons. The van der Waals surface area contributed by atoms with E-state index in [1.54, 1.807) is 12.1 Å². The van der Waals surface area contributed by atoms with Crippen LogP contribution in [0.25, 0.3) is 0 Å². The van der Waals surface area contributed by atoms with Gasteiger partial charge in [0.25, 0.3) is 0 Å². The predicted octanol–water partition coefficient (Wildman–Crippen LogP) is 3.17. The van der Waals surface area contributed by atoms with Crippen molar-refractivity contribution in [1.29, 1.82) is 0 Å². The maximum atomic E-state index is 6.24. The van der Waals surface area contributed by atoms with Gasteiger partial charge >= 0.3 is 0 Å². The number of hydrogen-bond donors (Lipinski definition) is 0. The molecule has 2 atom stereocenters. The lowest BCUT2D eigenvalue weighted by Gasteiger charge is -2.20. The first-order valence-electron chi connectivity index (χ1n) is 15.7. The summed E-state index contributed by atoms with van der Waals surface area (Å²) in [5, 5.41) is 8.97. The van der Waals surface area contributed by atoms with Gasteiger partial charge in [-0.3, -0.25) is 0 Å². The lowest BCUT2D eigenvalue weighted by Crippen LogP contribution is -2.26. The number of hydrogen-bond acceptors (Lipinski definition) is 14. The van der Waals surface area contributed by atoms with E-state index in [0.29, 0.717) is 129 Å². The highest BCUT2D eigenvalue weighted by molar-refractivity contribution is 5.40. The lowest BCUT2D eigenvalue weighted by molar-refractivity contribution is -0.0214. The SMILES string of the molecule is c1ccc2c(c1)OCCOCCOCCOCCOCC(N=NC1COCCOCCOCCOCCOc3ccccc3O1)O2. The van der Waals surface area contributed by atoms with Crippen LogP contribution in [0.3, 0.4) is 0 Å². The van der Waals surface area contributed by atoms with Crippen molar-refractivity contribution in [3.8, 4) is 23.0 Å². The van der Waals surface area contributed by atoms with Crippen LogP contribution in [-0.2, 0) is 37.9 Å². The van der Waals surface area contributed by atoms with Crippen LogP contribution in [0.2, 0.25) is 0 Å². The first-order chi connectivity index (χ1) is 22.9. The van der Waals surface area contributed by atoms with Gasteiger partial charge in [-0.15, -0.1) is 10.2 Å². The van der Waals surface area contributed by atoms with E-state index >= 15 is 0 Å². The molecule has 256 valence electrons. The molecule has 46 heavy (non-hydrogen) atoms. The number of ether oxygens (including phenoxy) is 12. The molecule has 0 aromatic heterocycles. The van der Waals surface area contributed by atoms with Crippen LogP contribution < -0.4 is 18.9 Å². The van der Waals surface area contributed by atoms with E-state index in [1.165, 1.54) is 0 Å². The molecule has 2 aliphatic rings. The third-order valence-electron chi connectivity index (χ3n) is 6.27. The van der Waals surface area contributed by atoms with E-state index in [4.69, 9.17) is 56.8 Å². The molecule has 2 unspecified atom stereocenters. The summed E-state index contributed by atoms with van der Waals surface area (Å²) in [5.74, 6) is 2.06. The van der Waals surface area contributed by atoms with Crippen LogP contribution in [0.4, 0.5) is 0 Å². The number of azo groups is 1. The van der Waals surface area contributed by atoms with Crippen molar-refractivity contribution in [3.63, 3.8) is 0 Å². The Labute approximate surface area is 270 Å². The summed E-state index contributed by atoms with van der Waals surface area (Å²) in [4.78, 5) is 0. The van der Waals surface area contributed by atoms with E-state index in [2.05, 4.69) is 10.2 Å². The van der Waals surface area contributed by atoms with Crippen molar-refractivity contribution >= 4 is 0 Å². The zero-order valence-electron chi connectivity index (χ0n) is 26.3. The van der Waals surface area contributed by atoms with Gasteiger partial charge in [0.05, 0.1) is 92.5 Å². The summed E-state index contributed by atoms with van der Waals surface area (Å²) >= 11 is 0. The molecular weight excluding hydrogens is 604 g/mol. The highest BCUT2D eigenvalue weighted by Gasteiger charge is 2.18. The molecule has 0 amide bonds. The van der Waals surface area contributed by atoms with Crippen molar-refractivity contribution in [3.05, 3.63) is 48.5 Å². The summed E-state index contributed by atoms with van der Waals surface area (Å²) in [6.07, 6.45) is -1.65. The van der Waals surface area contributed by atoms with Crippen LogP contribution in [0.15, 0.2) is 58.8 Å². The zero-order valence-corrected chi connectivity index (χ0v) is 26.3. The average Bonchev–Trinajstić information content (AvgIpc) is 3.07. The number of benzene rings is 2. The maximum Gasteiger partial charge on any atom is 0.231 e. The van der Waals surface area contributed by atoms with Gasteiger partial charge in [0.2, 0.25) is 12.5 Å². The molecule has 0 aliphatic carbocycles. The van der Waals surface area contributed by atoms with Gasteiger partial charge in [-0.1, -0.05) is 24.3 Å². The second kappa shape index (κ2) is 23.3. The Hall–Kier alpha value is -3.08. The molecule has 0 saturated heterocycles. The number of fused-ring (bicyclic) bond motifs is 2. The Kier molecular flexibility index (Phi) is 18.1. The maximum absolute atomic E-state index is 6.24. The van der Waals surface area contributed by atoms with Crippen molar-refractivity contribution in [2.24, 2.45) is 10.2 Å². The number of nitrogens with zero attached hydrogens (tertiary/aromatic N) is 2. The van der Waals surface area contributed by atoms with Crippen molar-refractivity contribution in [2.75, 3.05) is 119 Å². The molecule has 14 heteroatoms. The van der Waals surface area contributed by atoms with Gasteiger partial charge in [-0.2, -0.15) is 0 Å². The van der Waals surface area contributed by atoms with Gasteiger partial charge in [-0.25, -0.2) is 0 Å². The van der Waals surface area contributed by atoms with Crippen LogP contribution in [0.1, 0.15) is 0 Å². The molecule has 2 heterocycles. The Morgan fingerprint density at radius 3 is 0.978 bits per heavy atom. The summed E-state index contributed by atoms with van der Waals surface area (Å²) < 4.78 is 69.4. The molecule has 0 spiro atoms. The topological polar surface area (TPSA) is 135 Å². The summed E-state index contributed by atoms with van der Waals surface area (Å²) in [6.45, 7) is 6.87. The third-order valence-corrected chi connectivity index (χ3v) is 6.27. The second-order valence-electron chi connectivity index (χ2n) is 9.79. The highest BCUT2D eigenvalue weighted by Crippen LogP contribution is 2.29. The van der Waals surface area contributed by atoms with Crippen LogP contribution in [0, 0.1) is 0 Å². The molecule has 2 aromatic carbocycles. The molecule has 2 aliphatic heterocycles. The molecule has 0 saturated carbocycles. The average molecular weight is 651 g/mol. The second-order valence-corrected chi connectivity index (χ2v) is 9.79. The van der Waals surface area contributed by atoms with Crippen molar-refractivity contribution in [1.82, 2.24) is 0 Å². The molecule has 2 aromatic rings. The zero-order chi connectivity index (χ0) is 31.7. The normalized spacial score (nSPS) is 23.3. The number of para-hydroxylation sites is 4. The minimum atomic E-state index is -0.827. The fraction of sp³-hybridized carbons (Fsp3) is 0.625. The van der Waals surface area contributed by atoms with Gasteiger partial charge in [0.15, 0.2) is 23.0 Å². The third kappa shape index (κ3) is 15.0. The van der Waals surface area contributed by atoms with Crippen molar-refractivity contribution in [2.45, 2.75) is 12.5 Å². The quantitative estimate of drug-likeness (QED) is 0.442. The minimum Gasteiger partial charge on any atom is -0.487 e. The fourth-order valence-corrected chi connectivity index (χ4v) is 4.07. The summed E-state index contributed by atoms with van der Waals surface area (Å²) in [6, 6.07) is 14.7. The highest BCUT2D eigenvalue weighted by atomic mass is 16.6. The monoisotopic (exact) mass is 650 g/mol. The van der Waals surface area contributed by atoms with E-state index in [9.17, 15) is 0 Å². The Morgan fingerprint density at radius 2 is 0.630 bits per heavy atom. The standard InChI is InChI=1S/C32H46N2O12/c1-3-7-29-27(5-1)43-23-21-39-15-13-35-9-11-37-17-19-41-25-31(45-29)33-34-32-26-42-20-18-38-12-10-36-14-16-40-22-24-44-28-6-2-4-8-30(28)46-32/h1-8,31-32H,9-26H2. The molecular formula is C32H46N2O12. The largest absolute Gasteiger partial charge is 0.487 e. The smallest absolute Gasteiger partial charge is 0.231 e. The Bertz CT molecular complexity index is 1010. The number of rotatable bonds is 2. The van der Waals surface area contributed by atoms with Crippen LogP contribution in [0.5, 0.6) is 23.0 Å². The Morgan fingerprint density at radius 1 is 0.348 bits per heavy atom. The molecule has 0 fully saturated rings. The minimum absolute atomic E-state index is 0.101. The Balaban J connectivity index is 1.46. The van der Waals surface area contributed by atoms with Gasteiger partial charge in [0, 0.05) is 0 Å². The molecule has 0 bridgehead atoms. The van der Waals surface area contributed by atoms with Crippen molar-refractivity contribution < 1.29 is 56.8 Å². The predicted molar refractivity (Wildman–Crippen MR) is 164 cm³/mol. The fourth-order valence-electron chi connectivity index (χ4n) is 4.07. The first-order valence-corrected chi connectivity index (χ1v) is 15.7. The van der Waals surface area contributed by atoms with E-state index < -0.39 is 12.5 Å². The van der Waals surface area contributed by atoms with E-state index in [-0.39, 0.29) is 13.2 Å². The molecule has 14 nitrogen and oxygen atoms in total. The van der Waals surface area contributed by atoms with Gasteiger partial charge < -0.3 is 56.8 Å².